The molecular formula is C13H16N2O2S. The smallest absolute Gasteiger partial charge is 0.0861 e. The molecule has 1 atom stereocenters. The van der Waals surface area contributed by atoms with E-state index >= 15 is 0 Å². The molecule has 1 heterocycles. The lowest BCUT2D eigenvalue weighted by Gasteiger charge is -2.04. The molecule has 18 heavy (non-hydrogen) atoms. The summed E-state index contributed by atoms with van der Waals surface area (Å²) in [7, 11) is 0. The zero-order chi connectivity index (χ0) is 12.8. The van der Waals surface area contributed by atoms with E-state index in [-0.39, 0.29) is 6.61 Å². The van der Waals surface area contributed by atoms with Crippen molar-refractivity contribution >= 4 is 11.8 Å². The summed E-state index contributed by atoms with van der Waals surface area (Å²) < 4.78 is 1.83. The summed E-state index contributed by atoms with van der Waals surface area (Å²) in [6.45, 7) is -0.184. The topological polar surface area (TPSA) is 58.3 Å². The SMILES string of the molecule is OC[C@H](O)CSCc1cnn(-c2ccccc2)c1. The van der Waals surface area contributed by atoms with Gasteiger partial charge in [0.15, 0.2) is 0 Å². The monoisotopic (exact) mass is 264 g/mol. The standard InChI is InChI=1S/C13H16N2O2S/c16-8-13(17)10-18-9-11-6-14-15(7-11)12-4-2-1-3-5-12/h1-7,13,16-17H,8-10H2/t13-/m0/s1. The molecule has 96 valence electrons. The molecule has 4 nitrogen and oxygen atoms in total. The van der Waals surface area contributed by atoms with Crippen LogP contribution >= 0.6 is 11.8 Å². The fraction of sp³-hybridized carbons (Fsp3) is 0.308. The Morgan fingerprint density at radius 3 is 2.78 bits per heavy atom. The van der Waals surface area contributed by atoms with Gasteiger partial charge < -0.3 is 10.2 Å². The van der Waals surface area contributed by atoms with Crippen LogP contribution in [0.3, 0.4) is 0 Å². The molecular weight excluding hydrogens is 248 g/mol. The zero-order valence-electron chi connectivity index (χ0n) is 9.94. The second kappa shape index (κ2) is 6.58. The number of para-hydroxylation sites is 1. The number of hydrogen-bond acceptors (Lipinski definition) is 4. The van der Waals surface area contributed by atoms with E-state index in [9.17, 15) is 5.11 Å². The third kappa shape index (κ3) is 3.60. The predicted molar refractivity (Wildman–Crippen MR) is 72.8 cm³/mol. The van der Waals surface area contributed by atoms with Gasteiger partial charge in [-0.2, -0.15) is 16.9 Å². The maximum absolute atomic E-state index is 9.23. The van der Waals surface area contributed by atoms with Gasteiger partial charge in [0.25, 0.3) is 0 Å². The number of aliphatic hydroxyl groups excluding tert-OH is 2. The van der Waals surface area contributed by atoms with E-state index in [2.05, 4.69) is 5.10 Å². The maximum Gasteiger partial charge on any atom is 0.0861 e. The Balaban J connectivity index is 1.91. The third-order valence-electron chi connectivity index (χ3n) is 2.45. The van der Waals surface area contributed by atoms with Gasteiger partial charge in [0.2, 0.25) is 0 Å². The van der Waals surface area contributed by atoms with Crippen LogP contribution in [0.15, 0.2) is 42.7 Å². The van der Waals surface area contributed by atoms with Crippen molar-refractivity contribution in [1.29, 1.82) is 0 Å². The van der Waals surface area contributed by atoms with Crippen LogP contribution in [-0.4, -0.2) is 38.5 Å². The van der Waals surface area contributed by atoms with Crippen molar-refractivity contribution in [2.45, 2.75) is 11.9 Å². The highest BCUT2D eigenvalue weighted by Crippen LogP contribution is 2.14. The van der Waals surface area contributed by atoms with Gasteiger partial charge in [-0.3, -0.25) is 0 Å². The second-order valence-corrected chi connectivity index (χ2v) is 5.01. The lowest BCUT2D eigenvalue weighted by Crippen LogP contribution is -2.14. The van der Waals surface area contributed by atoms with E-state index in [4.69, 9.17) is 5.11 Å². The molecule has 2 N–H and O–H groups in total. The van der Waals surface area contributed by atoms with Crippen molar-refractivity contribution < 1.29 is 10.2 Å². The first-order valence-corrected chi connectivity index (χ1v) is 6.90. The molecule has 2 aromatic rings. The highest BCUT2D eigenvalue weighted by atomic mass is 32.2. The molecule has 1 aromatic carbocycles. The molecule has 0 aliphatic rings. The minimum absolute atomic E-state index is 0.184. The Labute approximate surface area is 110 Å². The molecule has 0 bridgehead atoms. The normalized spacial score (nSPS) is 12.6. The molecule has 0 saturated heterocycles. The van der Waals surface area contributed by atoms with Crippen LogP contribution in [0.4, 0.5) is 0 Å². The van der Waals surface area contributed by atoms with Crippen LogP contribution < -0.4 is 0 Å². The van der Waals surface area contributed by atoms with Crippen molar-refractivity contribution in [2.75, 3.05) is 12.4 Å². The minimum atomic E-state index is -0.640. The van der Waals surface area contributed by atoms with Gasteiger partial charge in [-0.15, -0.1) is 0 Å². The van der Waals surface area contributed by atoms with Gasteiger partial charge in [-0.25, -0.2) is 4.68 Å². The number of benzene rings is 1. The van der Waals surface area contributed by atoms with Crippen molar-refractivity contribution in [3.05, 3.63) is 48.3 Å². The molecule has 0 aliphatic heterocycles. The van der Waals surface area contributed by atoms with Crippen molar-refractivity contribution in [1.82, 2.24) is 9.78 Å². The van der Waals surface area contributed by atoms with E-state index in [0.717, 1.165) is 17.0 Å². The molecule has 0 aliphatic carbocycles. The molecule has 0 radical (unpaired) electrons. The van der Waals surface area contributed by atoms with Gasteiger partial charge in [0.05, 0.1) is 24.6 Å². The fourth-order valence-electron chi connectivity index (χ4n) is 1.52. The van der Waals surface area contributed by atoms with Crippen molar-refractivity contribution in [3.8, 4) is 5.69 Å². The van der Waals surface area contributed by atoms with Gasteiger partial charge >= 0.3 is 0 Å². The highest BCUT2D eigenvalue weighted by Gasteiger charge is 2.04. The molecule has 0 fully saturated rings. The van der Waals surface area contributed by atoms with Crippen LogP contribution in [0.5, 0.6) is 0 Å². The van der Waals surface area contributed by atoms with Gasteiger partial charge in [-0.05, 0) is 12.1 Å². The largest absolute Gasteiger partial charge is 0.394 e. The molecule has 1 aromatic heterocycles. The Hall–Kier alpha value is -1.30. The number of nitrogens with zero attached hydrogens (tertiary/aromatic N) is 2. The summed E-state index contributed by atoms with van der Waals surface area (Å²) in [6.07, 6.45) is 3.16. The average molecular weight is 264 g/mol. The molecule has 2 rings (SSSR count). The average Bonchev–Trinajstić information content (AvgIpc) is 2.88. The number of hydrogen-bond donors (Lipinski definition) is 2. The van der Waals surface area contributed by atoms with E-state index in [1.54, 1.807) is 11.8 Å². The zero-order valence-corrected chi connectivity index (χ0v) is 10.8. The molecule has 0 amide bonds. The van der Waals surface area contributed by atoms with Crippen LogP contribution in [0.2, 0.25) is 0 Å². The van der Waals surface area contributed by atoms with Gasteiger partial charge in [0, 0.05) is 23.3 Å². The second-order valence-electron chi connectivity index (χ2n) is 3.98. The maximum atomic E-state index is 9.23. The number of thioether (sulfide) groups is 1. The first-order valence-electron chi connectivity index (χ1n) is 5.75. The van der Waals surface area contributed by atoms with Crippen molar-refractivity contribution in [3.63, 3.8) is 0 Å². The predicted octanol–water partition coefficient (Wildman–Crippen LogP) is 1.46. The van der Waals surface area contributed by atoms with E-state index < -0.39 is 6.10 Å². The van der Waals surface area contributed by atoms with Crippen LogP contribution in [0, 0.1) is 0 Å². The van der Waals surface area contributed by atoms with E-state index in [1.165, 1.54) is 0 Å². The minimum Gasteiger partial charge on any atom is -0.394 e. The quantitative estimate of drug-likeness (QED) is 0.829. The summed E-state index contributed by atoms with van der Waals surface area (Å²) in [5, 5.41) is 22.2. The van der Waals surface area contributed by atoms with E-state index in [1.807, 2.05) is 47.4 Å². The summed E-state index contributed by atoms with van der Waals surface area (Å²) in [5.41, 5.74) is 2.14. The Morgan fingerprint density at radius 2 is 2.06 bits per heavy atom. The lowest BCUT2D eigenvalue weighted by molar-refractivity contribution is 0.113. The number of aromatic nitrogens is 2. The van der Waals surface area contributed by atoms with Crippen LogP contribution in [-0.2, 0) is 5.75 Å². The fourth-order valence-corrected chi connectivity index (χ4v) is 2.40. The lowest BCUT2D eigenvalue weighted by atomic mass is 10.3. The first kappa shape index (κ1) is 13.1. The summed E-state index contributed by atoms with van der Waals surface area (Å²) in [6, 6.07) is 9.92. The van der Waals surface area contributed by atoms with Gasteiger partial charge in [0.1, 0.15) is 0 Å². The summed E-state index contributed by atoms with van der Waals surface area (Å²) >= 11 is 1.58. The molecule has 0 saturated carbocycles. The Kier molecular flexibility index (Phi) is 4.81. The Morgan fingerprint density at radius 1 is 1.28 bits per heavy atom. The number of aliphatic hydroxyl groups is 2. The molecule has 0 spiro atoms. The molecule has 5 heteroatoms. The van der Waals surface area contributed by atoms with Gasteiger partial charge in [-0.1, -0.05) is 18.2 Å². The van der Waals surface area contributed by atoms with Crippen LogP contribution in [0.25, 0.3) is 5.69 Å². The van der Waals surface area contributed by atoms with Crippen LogP contribution in [0.1, 0.15) is 5.56 Å². The highest BCUT2D eigenvalue weighted by molar-refractivity contribution is 7.98. The Bertz CT molecular complexity index is 473. The van der Waals surface area contributed by atoms with E-state index in [0.29, 0.717) is 5.75 Å². The third-order valence-corrected chi connectivity index (χ3v) is 3.60. The number of rotatable bonds is 6. The summed E-state index contributed by atoms with van der Waals surface area (Å²) in [5.74, 6) is 1.32. The first-order chi connectivity index (χ1) is 8.79. The summed E-state index contributed by atoms with van der Waals surface area (Å²) in [4.78, 5) is 0. The van der Waals surface area contributed by atoms with Crippen molar-refractivity contribution in [2.24, 2.45) is 0 Å². The molecule has 0 unspecified atom stereocenters.